The molecule has 1 aromatic rings. The van der Waals surface area contributed by atoms with Crippen molar-refractivity contribution in [3.05, 3.63) is 29.5 Å². The Morgan fingerprint density at radius 2 is 1.59 bits per heavy atom. The molecule has 0 radical (unpaired) electrons. The molecule has 0 fully saturated rings. The molecule has 0 heterocycles. The van der Waals surface area contributed by atoms with Crippen molar-refractivity contribution in [2.24, 2.45) is 5.41 Å². The van der Waals surface area contributed by atoms with Crippen LogP contribution in [0, 0.1) is 10.6 Å². The summed E-state index contributed by atoms with van der Waals surface area (Å²) in [7, 11) is 0. The van der Waals surface area contributed by atoms with Gasteiger partial charge in [0.1, 0.15) is 0 Å². The van der Waals surface area contributed by atoms with Crippen LogP contribution in [0.3, 0.4) is 0 Å². The van der Waals surface area contributed by atoms with Crippen LogP contribution < -0.4 is 10.5 Å². The van der Waals surface area contributed by atoms with Crippen LogP contribution in [0.4, 0.5) is 37.7 Å². The number of nitrogens with one attached hydrogen (secondary N) is 1. The first-order chi connectivity index (χ1) is 9.82. The van der Waals surface area contributed by atoms with Crippen LogP contribution in [0.2, 0.25) is 0 Å². The molecule has 0 unspecified atom stereocenters. The van der Waals surface area contributed by atoms with Gasteiger partial charge in [-0.15, -0.1) is 0 Å². The predicted molar refractivity (Wildman–Crippen MR) is 62.9 cm³/mol. The highest BCUT2D eigenvalue weighted by Gasteiger charge is 2.72. The highest BCUT2D eigenvalue weighted by atomic mass is 19.4. The van der Waals surface area contributed by atoms with E-state index in [1.165, 1.54) is 11.4 Å². The van der Waals surface area contributed by atoms with E-state index in [1.807, 2.05) is 0 Å². The second kappa shape index (κ2) is 5.65. The molecular formula is C11H9F6N2O3-. The summed E-state index contributed by atoms with van der Waals surface area (Å²) in [4.78, 5) is 11.5. The number of nitrogens with zero attached hydrogens (tertiary/aromatic N) is 1. The van der Waals surface area contributed by atoms with Crippen LogP contribution in [0.1, 0.15) is 6.92 Å². The van der Waals surface area contributed by atoms with Crippen LogP contribution >= 0.6 is 0 Å². The molecule has 5 nitrogen and oxygen atoms in total. The van der Waals surface area contributed by atoms with E-state index in [1.54, 1.807) is 0 Å². The molecule has 0 saturated carbocycles. The summed E-state index contributed by atoms with van der Waals surface area (Å²) in [6.07, 6.45) is -11.8. The van der Waals surface area contributed by atoms with Gasteiger partial charge < -0.3 is 15.8 Å². The quantitative estimate of drug-likeness (QED) is 0.657. The van der Waals surface area contributed by atoms with Crippen molar-refractivity contribution in [1.29, 1.82) is 0 Å². The number of rotatable bonds is 3. The Bertz CT molecular complexity index is 541. The zero-order valence-electron chi connectivity index (χ0n) is 10.8. The standard InChI is InChI=1S/C11H9F6N2O3/c1-9(10(12,13)14,11(15,16)17)8(20)18-6-4-2-3-5-7(6)19(21)22/h2-5,21H,1H3,(H,18,20)/q-1. The van der Waals surface area contributed by atoms with Gasteiger partial charge in [-0.3, -0.25) is 10.0 Å². The fraction of sp³-hybridized carbons (Fsp3) is 0.364. The molecule has 0 bridgehead atoms. The van der Waals surface area contributed by atoms with Crippen molar-refractivity contribution < 1.29 is 36.3 Å². The van der Waals surface area contributed by atoms with Crippen LogP contribution in [0.5, 0.6) is 0 Å². The topological polar surface area (TPSA) is 75.6 Å². The van der Waals surface area contributed by atoms with Gasteiger partial charge >= 0.3 is 12.4 Å². The number of hydrogen-bond acceptors (Lipinski definition) is 4. The molecule has 0 aliphatic heterocycles. The molecule has 0 aromatic heterocycles. The summed E-state index contributed by atoms with van der Waals surface area (Å²) in [5.41, 5.74) is -6.11. The zero-order chi connectivity index (χ0) is 17.3. The zero-order valence-corrected chi connectivity index (χ0v) is 10.8. The highest BCUT2D eigenvalue weighted by molar-refractivity contribution is 5.98. The van der Waals surface area contributed by atoms with Gasteiger partial charge in [-0.05, 0) is 19.1 Å². The monoisotopic (exact) mass is 331 g/mol. The molecule has 22 heavy (non-hydrogen) atoms. The number of carbonyl (C=O) groups excluding carboxylic acids is 1. The lowest BCUT2D eigenvalue weighted by atomic mass is 9.87. The Morgan fingerprint density at radius 1 is 1.14 bits per heavy atom. The first-order valence-corrected chi connectivity index (χ1v) is 5.52. The number of para-hydroxylation sites is 2. The summed E-state index contributed by atoms with van der Waals surface area (Å²) < 4.78 is 76.3. The minimum atomic E-state index is -5.92. The van der Waals surface area contributed by atoms with Crippen molar-refractivity contribution in [1.82, 2.24) is 0 Å². The maximum absolute atomic E-state index is 12.7. The van der Waals surface area contributed by atoms with Gasteiger partial charge in [0.05, 0.1) is 11.4 Å². The number of anilines is 2. The highest BCUT2D eigenvalue weighted by Crippen LogP contribution is 2.50. The van der Waals surface area contributed by atoms with E-state index in [0.29, 0.717) is 0 Å². The lowest BCUT2D eigenvalue weighted by molar-refractivity contribution is -0.317. The third-order valence-electron chi connectivity index (χ3n) is 2.95. The maximum Gasteiger partial charge on any atom is 0.411 e. The second-order valence-corrected chi connectivity index (χ2v) is 4.36. The van der Waals surface area contributed by atoms with Gasteiger partial charge in [-0.1, -0.05) is 12.1 Å². The smallest absolute Gasteiger partial charge is 0.411 e. The molecule has 2 N–H and O–H groups in total. The van der Waals surface area contributed by atoms with Crippen molar-refractivity contribution in [3.63, 3.8) is 0 Å². The number of alkyl halides is 6. The lowest BCUT2D eigenvalue weighted by Crippen LogP contribution is -2.55. The van der Waals surface area contributed by atoms with E-state index in [9.17, 15) is 36.3 Å². The number of benzene rings is 1. The van der Waals surface area contributed by atoms with Crippen LogP contribution in [-0.2, 0) is 4.79 Å². The van der Waals surface area contributed by atoms with Gasteiger partial charge in [-0.2, -0.15) is 26.3 Å². The predicted octanol–water partition coefficient (Wildman–Crippen LogP) is 3.45. The molecule has 1 aromatic carbocycles. The molecular weight excluding hydrogens is 322 g/mol. The molecule has 0 aliphatic rings. The summed E-state index contributed by atoms with van der Waals surface area (Å²) in [5.74, 6) is -2.43. The van der Waals surface area contributed by atoms with Gasteiger partial charge in [0, 0.05) is 0 Å². The third-order valence-corrected chi connectivity index (χ3v) is 2.95. The average Bonchev–Trinajstić information content (AvgIpc) is 2.35. The van der Waals surface area contributed by atoms with Crippen LogP contribution in [-0.4, -0.2) is 23.5 Å². The van der Waals surface area contributed by atoms with Crippen molar-refractivity contribution in [2.45, 2.75) is 19.3 Å². The van der Waals surface area contributed by atoms with Gasteiger partial charge in [0.2, 0.25) is 11.3 Å². The van der Waals surface area contributed by atoms with E-state index < -0.39 is 40.3 Å². The Kier molecular flexibility index (Phi) is 4.63. The first kappa shape index (κ1) is 18.0. The van der Waals surface area contributed by atoms with Gasteiger partial charge in [0.25, 0.3) is 0 Å². The number of carbonyl (C=O) groups is 1. The number of halogens is 6. The Labute approximate surface area is 119 Å². The molecule has 0 atom stereocenters. The summed E-state index contributed by atoms with van der Waals surface area (Å²) in [5, 5.41) is 20.1. The average molecular weight is 331 g/mol. The lowest BCUT2D eigenvalue weighted by Gasteiger charge is -2.33. The summed E-state index contributed by atoms with van der Waals surface area (Å²) in [6.45, 7) is -0.321. The molecule has 0 aliphatic carbocycles. The SMILES string of the molecule is CC(C(=O)Nc1ccccc1N([O-])O)(C(F)(F)F)C(F)(F)F. The summed E-state index contributed by atoms with van der Waals surface area (Å²) in [6, 6.07) is 4.07. The fourth-order valence-corrected chi connectivity index (χ4v) is 1.41. The molecule has 0 spiro atoms. The van der Waals surface area contributed by atoms with Crippen molar-refractivity contribution >= 4 is 17.3 Å². The number of hydrogen-bond donors (Lipinski definition) is 2. The minimum absolute atomic E-state index is 0.321. The molecule has 11 heteroatoms. The van der Waals surface area contributed by atoms with E-state index >= 15 is 0 Å². The molecule has 1 rings (SSSR count). The molecule has 0 saturated heterocycles. The Morgan fingerprint density at radius 3 is 2.00 bits per heavy atom. The number of amides is 1. The van der Waals surface area contributed by atoms with Gasteiger partial charge in [-0.25, -0.2) is 0 Å². The van der Waals surface area contributed by atoms with Crippen molar-refractivity contribution in [2.75, 3.05) is 10.5 Å². The Balaban J connectivity index is 3.25. The third kappa shape index (κ3) is 3.09. The minimum Gasteiger partial charge on any atom is -0.733 e. The largest absolute Gasteiger partial charge is 0.733 e. The van der Waals surface area contributed by atoms with E-state index in [4.69, 9.17) is 5.21 Å². The van der Waals surface area contributed by atoms with E-state index in [-0.39, 0.29) is 6.92 Å². The van der Waals surface area contributed by atoms with E-state index in [0.717, 1.165) is 18.2 Å². The van der Waals surface area contributed by atoms with Crippen LogP contribution in [0.15, 0.2) is 24.3 Å². The first-order valence-electron chi connectivity index (χ1n) is 5.52. The molecule has 124 valence electrons. The molecule has 1 amide bonds. The Hall–Kier alpha value is -2.01. The second-order valence-electron chi connectivity index (χ2n) is 4.36. The van der Waals surface area contributed by atoms with Crippen molar-refractivity contribution in [3.8, 4) is 0 Å². The summed E-state index contributed by atoms with van der Waals surface area (Å²) >= 11 is 0. The van der Waals surface area contributed by atoms with Gasteiger partial charge in [0.15, 0.2) is 0 Å². The maximum atomic E-state index is 12.7. The van der Waals surface area contributed by atoms with Crippen LogP contribution in [0.25, 0.3) is 0 Å². The van der Waals surface area contributed by atoms with E-state index in [2.05, 4.69) is 0 Å². The normalized spacial score (nSPS) is 13.0. The fourth-order valence-electron chi connectivity index (χ4n) is 1.41.